The van der Waals surface area contributed by atoms with Crippen molar-refractivity contribution >= 4 is 27.7 Å². The molecule has 0 saturated heterocycles. The molecule has 0 aliphatic rings. The fraction of sp³-hybridized carbons (Fsp3) is 0.286. The Bertz CT molecular complexity index is 621. The molecule has 112 valence electrons. The number of likely N-dealkylation sites (N-methyl/N-ethyl adjacent to an activating group) is 1. The van der Waals surface area contributed by atoms with Crippen LogP contribution >= 0.6 is 15.9 Å². The highest BCUT2D eigenvalue weighted by Gasteiger charge is 2.20. The van der Waals surface area contributed by atoms with Gasteiger partial charge in [-0.05, 0) is 47.1 Å². The number of nitrogens with one attached hydrogen (secondary N) is 1. The molecule has 2 heterocycles. The van der Waals surface area contributed by atoms with Gasteiger partial charge in [0, 0.05) is 7.05 Å². The monoisotopic (exact) mass is 354 g/mol. The highest BCUT2D eigenvalue weighted by Crippen LogP contribution is 2.18. The summed E-state index contributed by atoms with van der Waals surface area (Å²) in [5.41, 5.74) is 0. The second-order valence-electron chi connectivity index (χ2n) is 4.48. The van der Waals surface area contributed by atoms with E-state index in [4.69, 9.17) is 8.83 Å². The second-order valence-corrected chi connectivity index (χ2v) is 5.26. The maximum atomic E-state index is 12.1. The predicted molar refractivity (Wildman–Crippen MR) is 78.6 cm³/mol. The van der Waals surface area contributed by atoms with Crippen molar-refractivity contribution in [2.75, 3.05) is 13.6 Å². The van der Waals surface area contributed by atoms with Gasteiger partial charge in [-0.25, -0.2) is 0 Å². The van der Waals surface area contributed by atoms with Crippen LogP contribution in [-0.4, -0.2) is 30.3 Å². The molecule has 0 fully saturated rings. The van der Waals surface area contributed by atoms with Crippen molar-refractivity contribution in [1.82, 2.24) is 10.2 Å². The van der Waals surface area contributed by atoms with E-state index in [2.05, 4.69) is 21.2 Å². The number of furan rings is 2. The summed E-state index contributed by atoms with van der Waals surface area (Å²) in [6.07, 6.45) is 1.56. The molecule has 0 aliphatic heterocycles. The Morgan fingerprint density at radius 1 is 1.38 bits per heavy atom. The molecule has 2 aromatic heterocycles. The van der Waals surface area contributed by atoms with Crippen LogP contribution in [0.2, 0.25) is 0 Å². The fourth-order valence-corrected chi connectivity index (χ4v) is 2.05. The molecular weight excluding hydrogens is 340 g/mol. The maximum absolute atomic E-state index is 12.1. The fourth-order valence-electron chi connectivity index (χ4n) is 1.74. The van der Waals surface area contributed by atoms with Gasteiger partial charge < -0.3 is 19.1 Å². The summed E-state index contributed by atoms with van der Waals surface area (Å²) in [4.78, 5) is 25.3. The quantitative estimate of drug-likeness (QED) is 0.895. The minimum absolute atomic E-state index is 0.112. The van der Waals surface area contributed by atoms with Gasteiger partial charge in [0.25, 0.3) is 5.91 Å². The highest BCUT2D eigenvalue weighted by atomic mass is 79.9. The summed E-state index contributed by atoms with van der Waals surface area (Å²) < 4.78 is 10.8. The van der Waals surface area contributed by atoms with Crippen LogP contribution in [-0.2, 0) is 4.79 Å². The lowest BCUT2D eigenvalue weighted by atomic mass is 10.2. The van der Waals surface area contributed by atoms with Gasteiger partial charge in [-0.15, -0.1) is 0 Å². The smallest absolute Gasteiger partial charge is 0.287 e. The lowest BCUT2D eigenvalue weighted by Crippen LogP contribution is -2.39. The Morgan fingerprint density at radius 2 is 2.14 bits per heavy atom. The summed E-state index contributed by atoms with van der Waals surface area (Å²) in [5.74, 6) is 0.175. The number of hydrogen-bond donors (Lipinski definition) is 1. The molecule has 0 spiro atoms. The standard InChI is InChI=1S/C14H15BrN2O4/c1-9(10-4-3-7-20-10)17(2)13(18)8-16-14(19)11-5-6-12(15)21-11/h3-7,9H,8H2,1-2H3,(H,16,19). The molecule has 2 amide bonds. The van der Waals surface area contributed by atoms with Crippen LogP contribution in [0, 0.1) is 0 Å². The Kier molecular flexibility index (Phi) is 4.85. The van der Waals surface area contributed by atoms with E-state index >= 15 is 0 Å². The van der Waals surface area contributed by atoms with Gasteiger partial charge in [0.1, 0.15) is 5.76 Å². The Morgan fingerprint density at radius 3 is 2.71 bits per heavy atom. The van der Waals surface area contributed by atoms with Crippen LogP contribution < -0.4 is 5.32 Å². The number of hydrogen-bond acceptors (Lipinski definition) is 4. The lowest BCUT2D eigenvalue weighted by molar-refractivity contribution is -0.131. The molecule has 1 N–H and O–H groups in total. The zero-order valence-electron chi connectivity index (χ0n) is 11.6. The first-order valence-corrected chi connectivity index (χ1v) is 7.11. The third-order valence-electron chi connectivity index (χ3n) is 3.13. The molecule has 6 nitrogen and oxygen atoms in total. The van der Waals surface area contributed by atoms with Crippen molar-refractivity contribution in [2.45, 2.75) is 13.0 Å². The van der Waals surface area contributed by atoms with Crippen LogP contribution in [0.4, 0.5) is 0 Å². The van der Waals surface area contributed by atoms with Gasteiger partial charge in [0.15, 0.2) is 10.4 Å². The minimum atomic E-state index is -0.437. The summed E-state index contributed by atoms with van der Waals surface area (Å²) in [5, 5.41) is 2.52. The summed E-state index contributed by atoms with van der Waals surface area (Å²) >= 11 is 3.11. The number of carbonyl (C=O) groups excluding carboxylic acids is 2. The molecule has 2 rings (SSSR count). The van der Waals surface area contributed by atoms with E-state index in [1.54, 1.807) is 31.5 Å². The number of nitrogens with zero attached hydrogens (tertiary/aromatic N) is 1. The topological polar surface area (TPSA) is 75.7 Å². The summed E-state index contributed by atoms with van der Waals surface area (Å²) in [6, 6.07) is 6.50. The number of amides is 2. The lowest BCUT2D eigenvalue weighted by Gasteiger charge is -2.23. The molecule has 1 unspecified atom stereocenters. The first-order valence-electron chi connectivity index (χ1n) is 6.31. The molecule has 0 saturated carbocycles. The van der Waals surface area contributed by atoms with Gasteiger partial charge in [-0.2, -0.15) is 0 Å². The number of rotatable bonds is 5. The van der Waals surface area contributed by atoms with Crippen molar-refractivity contribution in [3.63, 3.8) is 0 Å². The number of halogens is 1. The van der Waals surface area contributed by atoms with Crippen LogP contribution in [0.15, 0.2) is 44.0 Å². The van der Waals surface area contributed by atoms with Crippen molar-refractivity contribution < 1.29 is 18.4 Å². The highest BCUT2D eigenvalue weighted by molar-refractivity contribution is 9.10. The summed E-state index contributed by atoms with van der Waals surface area (Å²) in [7, 11) is 1.66. The molecule has 21 heavy (non-hydrogen) atoms. The van der Waals surface area contributed by atoms with E-state index in [0.717, 1.165) is 0 Å². The van der Waals surface area contributed by atoms with Gasteiger partial charge >= 0.3 is 0 Å². The Hall–Kier alpha value is -2.02. The van der Waals surface area contributed by atoms with Gasteiger partial charge in [0.05, 0.1) is 18.8 Å². The first kappa shape index (κ1) is 15.4. The third-order valence-corrected chi connectivity index (χ3v) is 3.55. The molecular formula is C14H15BrN2O4. The zero-order chi connectivity index (χ0) is 15.4. The largest absolute Gasteiger partial charge is 0.467 e. The Labute approximate surface area is 130 Å². The van der Waals surface area contributed by atoms with Crippen LogP contribution in [0.1, 0.15) is 29.3 Å². The van der Waals surface area contributed by atoms with Crippen LogP contribution in [0.5, 0.6) is 0 Å². The van der Waals surface area contributed by atoms with E-state index in [1.165, 1.54) is 11.0 Å². The second kappa shape index (κ2) is 6.62. The average Bonchev–Trinajstić information content (AvgIpc) is 3.13. The van der Waals surface area contributed by atoms with Crippen molar-refractivity contribution in [1.29, 1.82) is 0 Å². The van der Waals surface area contributed by atoms with E-state index in [-0.39, 0.29) is 24.3 Å². The number of carbonyl (C=O) groups is 2. The Balaban J connectivity index is 1.88. The van der Waals surface area contributed by atoms with Gasteiger partial charge in [0.2, 0.25) is 5.91 Å². The normalized spacial score (nSPS) is 12.0. The van der Waals surface area contributed by atoms with Gasteiger partial charge in [-0.1, -0.05) is 0 Å². The van der Waals surface area contributed by atoms with Crippen molar-refractivity contribution in [3.8, 4) is 0 Å². The van der Waals surface area contributed by atoms with Crippen LogP contribution in [0.25, 0.3) is 0 Å². The third kappa shape index (κ3) is 3.75. The maximum Gasteiger partial charge on any atom is 0.287 e. The van der Waals surface area contributed by atoms with Crippen molar-refractivity contribution in [2.24, 2.45) is 0 Å². The first-order chi connectivity index (χ1) is 9.99. The molecule has 2 aromatic rings. The molecule has 0 bridgehead atoms. The summed E-state index contributed by atoms with van der Waals surface area (Å²) in [6.45, 7) is 1.74. The van der Waals surface area contributed by atoms with E-state index in [0.29, 0.717) is 10.4 Å². The predicted octanol–water partition coefficient (Wildman–Crippen LogP) is 2.58. The van der Waals surface area contributed by atoms with Crippen LogP contribution in [0.3, 0.4) is 0 Å². The minimum Gasteiger partial charge on any atom is -0.467 e. The average molecular weight is 355 g/mol. The van der Waals surface area contributed by atoms with E-state index in [1.807, 2.05) is 6.92 Å². The zero-order valence-corrected chi connectivity index (χ0v) is 13.2. The van der Waals surface area contributed by atoms with Crippen molar-refractivity contribution in [3.05, 3.63) is 46.7 Å². The molecule has 7 heteroatoms. The SMILES string of the molecule is CC(c1ccco1)N(C)C(=O)CNC(=O)c1ccc(Br)o1. The van der Waals surface area contributed by atoms with Gasteiger partial charge in [-0.3, -0.25) is 9.59 Å². The molecule has 0 radical (unpaired) electrons. The molecule has 0 aliphatic carbocycles. The molecule has 1 atom stereocenters. The van der Waals surface area contributed by atoms with E-state index < -0.39 is 5.91 Å². The van der Waals surface area contributed by atoms with E-state index in [9.17, 15) is 9.59 Å². The molecule has 0 aromatic carbocycles.